The minimum absolute atomic E-state index is 0.0964. The van der Waals surface area contributed by atoms with Crippen molar-refractivity contribution in [2.24, 2.45) is 0 Å². The number of rotatable bonds is 2. The van der Waals surface area contributed by atoms with Gasteiger partial charge in [0.25, 0.3) is 5.69 Å². The van der Waals surface area contributed by atoms with Crippen molar-refractivity contribution in [3.05, 3.63) is 33.4 Å². The van der Waals surface area contributed by atoms with Crippen LogP contribution in [-0.2, 0) is 0 Å². The highest BCUT2D eigenvalue weighted by atomic mass is 16.6. The summed E-state index contributed by atoms with van der Waals surface area (Å²) in [5.74, 6) is 0.318. The Kier molecular flexibility index (Phi) is 2.67. The highest BCUT2D eigenvalue weighted by Gasteiger charge is 2.16. The van der Waals surface area contributed by atoms with Gasteiger partial charge in [0, 0.05) is 5.56 Å². The summed E-state index contributed by atoms with van der Waals surface area (Å²) >= 11 is 0. The molecule has 14 heavy (non-hydrogen) atoms. The molecule has 0 spiro atoms. The molecule has 5 heteroatoms. The predicted octanol–water partition coefficient (Wildman–Crippen LogP) is 1.78. The van der Waals surface area contributed by atoms with E-state index in [0.717, 1.165) is 0 Å². The molecular formula is C9H8N2O3. The van der Waals surface area contributed by atoms with Gasteiger partial charge in [-0.1, -0.05) is 0 Å². The van der Waals surface area contributed by atoms with Gasteiger partial charge in [-0.25, -0.2) is 0 Å². The van der Waals surface area contributed by atoms with Crippen LogP contribution in [0, 0.1) is 28.4 Å². The molecule has 0 fully saturated rings. The van der Waals surface area contributed by atoms with Gasteiger partial charge in [0.1, 0.15) is 5.75 Å². The van der Waals surface area contributed by atoms with Crippen molar-refractivity contribution >= 4 is 5.69 Å². The lowest BCUT2D eigenvalue weighted by atomic mass is 10.1. The molecule has 5 nitrogen and oxygen atoms in total. The topological polar surface area (TPSA) is 76.2 Å². The Morgan fingerprint density at radius 2 is 2.21 bits per heavy atom. The van der Waals surface area contributed by atoms with Crippen molar-refractivity contribution in [3.63, 3.8) is 0 Å². The molecule has 1 rings (SSSR count). The number of nitrogens with zero attached hydrogens (tertiary/aromatic N) is 2. The molecule has 0 aliphatic heterocycles. The lowest BCUT2D eigenvalue weighted by molar-refractivity contribution is -0.385. The first-order chi connectivity index (χ1) is 6.60. The van der Waals surface area contributed by atoms with E-state index in [1.54, 1.807) is 0 Å². The first-order valence-corrected chi connectivity index (χ1v) is 3.83. The number of benzene rings is 1. The molecule has 0 heterocycles. The smallest absolute Gasteiger partial charge is 0.277 e. The SMILES string of the molecule is COc1cc(C#N)c(C)c([N+](=O)[O-])c1. The Bertz CT molecular complexity index is 421. The minimum Gasteiger partial charge on any atom is -0.496 e. The maximum atomic E-state index is 10.6. The zero-order chi connectivity index (χ0) is 10.7. The van der Waals surface area contributed by atoms with E-state index in [4.69, 9.17) is 10.00 Å². The summed E-state index contributed by atoms with van der Waals surface area (Å²) in [6, 6.07) is 4.66. The van der Waals surface area contributed by atoms with E-state index in [0.29, 0.717) is 11.3 Å². The predicted molar refractivity (Wildman–Crippen MR) is 49.1 cm³/mol. The molecule has 0 aliphatic rings. The summed E-state index contributed by atoms with van der Waals surface area (Å²) < 4.78 is 4.85. The fourth-order valence-corrected chi connectivity index (χ4v) is 1.10. The third kappa shape index (κ3) is 1.64. The number of hydrogen-bond acceptors (Lipinski definition) is 4. The van der Waals surface area contributed by atoms with Gasteiger partial charge < -0.3 is 4.74 Å². The van der Waals surface area contributed by atoms with E-state index in [1.165, 1.54) is 26.2 Å². The average molecular weight is 192 g/mol. The molecule has 72 valence electrons. The van der Waals surface area contributed by atoms with Crippen LogP contribution in [0.2, 0.25) is 0 Å². The third-order valence-electron chi connectivity index (χ3n) is 1.91. The number of nitro benzene ring substituents is 1. The maximum absolute atomic E-state index is 10.6. The Labute approximate surface area is 80.7 Å². The molecule has 0 N–H and O–H groups in total. The number of ether oxygens (including phenoxy) is 1. The van der Waals surface area contributed by atoms with Crippen LogP contribution >= 0.6 is 0 Å². The first-order valence-electron chi connectivity index (χ1n) is 3.83. The van der Waals surface area contributed by atoms with Crippen LogP contribution in [0.25, 0.3) is 0 Å². The molecule has 0 unspecified atom stereocenters. The fraction of sp³-hybridized carbons (Fsp3) is 0.222. The Morgan fingerprint density at radius 1 is 1.57 bits per heavy atom. The summed E-state index contributed by atoms with van der Waals surface area (Å²) in [4.78, 5) is 10.1. The van der Waals surface area contributed by atoms with Gasteiger partial charge in [0.05, 0.1) is 29.7 Å². The minimum atomic E-state index is -0.529. The average Bonchev–Trinajstić information content (AvgIpc) is 2.17. The summed E-state index contributed by atoms with van der Waals surface area (Å²) in [5, 5.41) is 19.3. The van der Waals surface area contributed by atoms with Gasteiger partial charge in [-0.05, 0) is 13.0 Å². The van der Waals surface area contributed by atoms with E-state index in [9.17, 15) is 10.1 Å². The van der Waals surface area contributed by atoms with Crippen LogP contribution in [0.15, 0.2) is 12.1 Å². The zero-order valence-corrected chi connectivity index (χ0v) is 7.77. The molecule has 1 aromatic carbocycles. The van der Waals surface area contributed by atoms with Crippen molar-refractivity contribution < 1.29 is 9.66 Å². The van der Waals surface area contributed by atoms with Crippen molar-refractivity contribution in [2.45, 2.75) is 6.92 Å². The number of hydrogen-bond donors (Lipinski definition) is 0. The van der Waals surface area contributed by atoms with Crippen molar-refractivity contribution in [1.82, 2.24) is 0 Å². The molecule has 0 aromatic heterocycles. The second-order valence-electron chi connectivity index (χ2n) is 2.69. The normalized spacial score (nSPS) is 9.21. The highest BCUT2D eigenvalue weighted by Crippen LogP contribution is 2.27. The van der Waals surface area contributed by atoms with E-state index in [-0.39, 0.29) is 11.3 Å². The van der Waals surface area contributed by atoms with Gasteiger partial charge in [-0.15, -0.1) is 0 Å². The summed E-state index contributed by atoms with van der Waals surface area (Å²) in [7, 11) is 1.40. The van der Waals surface area contributed by atoms with Crippen LogP contribution in [-0.4, -0.2) is 12.0 Å². The second kappa shape index (κ2) is 3.75. The monoisotopic (exact) mass is 192 g/mol. The third-order valence-corrected chi connectivity index (χ3v) is 1.91. The zero-order valence-electron chi connectivity index (χ0n) is 7.77. The van der Waals surface area contributed by atoms with Gasteiger partial charge in [-0.3, -0.25) is 10.1 Å². The lowest BCUT2D eigenvalue weighted by Gasteiger charge is -2.03. The standard InChI is InChI=1S/C9H8N2O3/c1-6-7(5-10)3-8(14-2)4-9(6)11(12)13/h3-4H,1-2H3. The molecule has 0 radical (unpaired) electrons. The van der Waals surface area contributed by atoms with Crippen LogP contribution in [0.5, 0.6) is 5.75 Å². The van der Waals surface area contributed by atoms with E-state index < -0.39 is 4.92 Å². The van der Waals surface area contributed by atoms with E-state index in [1.807, 2.05) is 6.07 Å². The lowest BCUT2D eigenvalue weighted by Crippen LogP contribution is -1.96. The Morgan fingerprint density at radius 3 is 2.64 bits per heavy atom. The summed E-state index contributed by atoms with van der Waals surface area (Å²) in [5.41, 5.74) is 0.523. The van der Waals surface area contributed by atoms with Crippen molar-refractivity contribution in [1.29, 1.82) is 5.26 Å². The molecule has 0 aliphatic carbocycles. The van der Waals surface area contributed by atoms with E-state index in [2.05, 4.69) is 0 Å². The van der Waals surface area contributed by atoms with Gasteiger partial charge in [0.15, 0.2) is 0 Å². The number of nitriles is 1. The molecule has 0 saturated heterocycles. The second-order valence-corrected chi connectivity index (χ2v) is 2.69. The molecular weight excluding hydrogens is 184 g/mol. The largest absolute Gasteiger partial charge is 0.496 e. The van der Waals surface area contributed by atoms with Crippen molar-refractivity contribution in [3.8, 4) is 11.8 Å². The van der Waals surface area contributed by atoms with Gasteiger partial charge in [-0.2, -0.15) is 5.26 Å². The van der Waals surface area contributed by atoms with Crippen LogP contribution in [0.4, 0.5) is 5.69 Å². The quantitative estimate of drug-likeness (QED) is 0.528. The van der Waals surface area contributed by atoms with Crippen LogP contribution in [0.3, 0.4) is 0 Å². The van der Waals surface area contributed by atoms with Crippen LogP contribution in [0.1, 0.15) is 11.1 Å². The Balaban J connectivity index is 3.44. The molecule has 1 aromatic rings. The first kappa shape index (κ1) is 9.99. The Hall–Kier alpha value is -2.09. The summed E-state index contributed by atoms with van der Waals surface area (Å²) in [6.45, 7) is 1.54. The molecule has 0 amide bonds. The molecule has 0 saturated carbocycles. The van der Waals surface area contributed by atoms with E-state index >= 15 is 0 Å². The maximum Gasteiger partial charge on any atom is 0.277 e. The highest BCUT2D eigenvalue weighted by molar-refractivity contribution is 5.54. The number of nitro groups is 1. The summed E-state index contributed by atoms with van der Waals surface area (Å²) in [6.07, 6.45) is 0. The van der Waals surface area contributed by atoms with Gasteiger partial charge in [0.2, 0.25) is 0 Å². The molecule has 0 bridgehead atoms. The van der Waals surface area contributed by atoms with Crippen LogP contribution < -0.4 is 4.74 Å². The fourth-order valence-electron chi connectivity index (χ4n) is 1.10. The van der Waals surface area contributed by atoms with Crippen molar-refractivity contribution in [2.75, 3.05) is 7.11 Å². The van der Waals surface area contributed by atoms with Gasteiger partial charge >= 0.3 is 0 Å². The molecule has 0 atom stereocenters. The number of methoxy groups -OCH3 is 1.